The highest BCUT2D eigenvalue weighted by molar-refractivity contribution is 6.42. The number of aryl methyl sites for hydroxylation is 1. The van der Waals surface area contributed by atoms with Crippen molar-refractivity contribution in [2.45, 2.75) is 6.42 Å². The van der Waals surface area contributed by atoms with Gasteiger partial charge in [0.25, 0.3) is 0 Å². The summed E-state index contributed by atoms with van der Waals surface area (Å²) < 4.78 is 1.78. The minimum Gasteiger partial charge on any atom is -0.397 e. The van der Waals surface area contributed by atoms with Gasteiger partial charge in [-0.25, -0.2) is 0 Å². The van der Waals surface area contributed by atoms with Crippen LogP contribution in [0.1, 0.15) is 5.69 Å². The molecule has 1 aromatic heterocycles. The van der Waals surface area contributed by atoms with Crippen LogP contribution in [0.3, 0.4) is 0 Å². The van der Waals surface area contributed by atoms with E-state index in [1.165, 1.54) is 0 Å². The van der Waals surface area contributed by atoms with Gasteiger partial charge in [-0.3, -0.25) is 4.68 Å². The van der Waals surface area contributed by atoms with Crippen LogP contribution >= 0.6 is 23.2 Å². The van der Waals surface area contributed by atoms with Crippen LogP contribution in [0.2, 0.25) is 10.0 Å². The van der Waals surface area contributed by atoms with Crippen molar-refractivity contribution in [3.05, 3.63) is 40.1 Å². The maximum Gasteiger partial charge on any atom is 0.0642 e. The molecule has 0 spiro atoms. The molecule has 0 radical (unpaired) electrons. The second kappa shape index (κ2) is 5.50. The Hall–Kier alpha value is -1.39. The fourth-order valence-electron chi connectivity index (χ4n) is 1.64. The van der Waals surface area contributed by atoms with Crippen molar-refractivity contribution in [3.8, 4) is 0 Å². The number of nitrogens with zero attached hydrogens (tertiary/aromatic N) is 2. The first-order valence-corrected chi connectivity index (χ1v) is 6.29. The molecule has 0 atom stereocenters. The van der Waals surface area contributed by atoms with Crippen LogP contribution < -0.4 is 11.1 Å². The van der Waals surface area contributed by atoms with Crippen molar-refractivity contribution in [1.82, 2.24) is 9.78 Å². The number of nitrogen functional groups attached to an aromatic ring is 1. The van der Waals surface area contributed by atoms with Crippen LogP contribution in [-0.2, 0) is 13.5 Å². The summed E-state index contributed by atoms with van der Waals surface area (Å²) in [5, 5.41) is 8.47. The van der Waals surface area contributed by atoms with Crippen molar-refractivity contribution in [3.63, 3.8) is 0 Å². The van der Waals surface area contributed by atoms with Gasteiger partial charge in [-0.1, -0.05) is 23.2 Å². The molecule has 0 aliphatic heterocycles. The molecule has 2 aromatic rings. The maximum atomic E-state index is 5.94. The van der Waals surface area contributed by atoms with E-state index in [0.29, 0.717) is 15.7 Å². The van der Waals surface area contributed by atoms with Gasteiger partial charge in [-0.05, 0) is 18.2 Å². The third-order valence-corrected chi connectivity index (χ3v) is 3.28. The van der Waals surface area contributed by atoms with Crippen molar-refractivity contribution in [1.29, 1.82) is 0 Å². The molecule has 1 aromatic carbocycles. The topological polar surface area (TPSA) is 55.9 Å². The Morgan fingerprint density at radius 3 is 2.72 bits per heavy atom. The molecule has 0 saturated heterocycles. The van der Waals surface area contributed by atoms with Crippen molar-refractivity contribution >= 4 is 34.6 Å². The summed E-state index contributed by atoms with van der Waals surface area (Å²) in [6.45, 7) is 0.735. The fourth-order valence-corrected chi connectivity index (χ4v) is 1.97. The molecule has 1 heterocycles. The fraction of sp³-hybridized carbons (Fsp3) is 0.250. The molecule has 0 unspecified atom stereocenters. The van der Waals surface area contributed by atoms with Gasteiger partial charge in [0.2, 0.25) is 0 Å². The molecule has 0 amide bonds. The quantitative estimate of drug-likeness (QED) is 0.849. The van der Waals surface area contributed by atoms with E-state index in [4.69, 9.17) is 28.9 Å². The van der Waals surface area contributed by atoms with Crippen LogP contribution in [0, 0.1) is 0 Å². The third-order valence-electron chi connectivity index (χ3n) is 2.56. The average molecular weight is 285 g/mol. The van der Waals surface area contributed by atoms with Gasteiger partial charge >= 0.3 is 0 Å². The Labute approximate surface area is 116 Å². The molecule has 4 nitrogen and oxygen atoms in total. The maximum absolute atomic E-state index is 5.94. The highest BCUT2D eigenvalue weighted by Crippen LogP contribution is 2.30. The molecule has 0 aliphatic rings. The molecule has 0 aliphatic carbocycles. The summed E-state index contributed by atoms with van der Waals surface area (Å²) in [6, 6.07) is 5.37. The number of anilines is 2. The molecule has 2 rings (SSSR count). The molecule has 18 heavy (non-hydrogen) atoms. The van der Waals surface area contributed by atoms with Crippen LogP contribution in [-0.4, -0.2) is 16.3 Å². The van der Waals surface area contributed by atoms with Crippen LogP contribution in [0.5, 0.6) is 0 Å². The number of hydrogen-bond donors (Lipinski definition) is 2. The lowest BCUT2D eigenvalue weighted by molar-refractivity contribution is 0.742. The summed E-state index contributed by atoms with van der Waals surface area (Å²) in [6.07, 6.45) is 2.74. The number of rotatable bonds is 4. The Morgan fingerprint density at radius 2 is 2.06 bits per heavy atom. The van der Waals surface area contributed by atoms with E-state index in [2.05, 4.69) is 10.4 Å². The van der Waals surface area contributed by atoms with E-state index in [-0.39, 0.29) is 0 Å². The van der Waals surface area contributed by atoms with Crippen molar-refractivity contribution in [2.24, 2.45) is 7.05 Å². The lowest BCUT2D eigenvalue weighted by Gasteiger charge is -2.10. The van der Waals surface area contributed by atoms with Gasteiger partial charge in [-0.15, -0.1) is 0 Å². The van der Waals surface area contributed by atoms with E-state index >= 15 is 0 Å². The molecule has 96 valence electrons. The predicted molar refractivity (Wildman–Crippen MR) is 76.3 cm³/mol. The lowest BCUT2D eigenvalue weighted by atomic mass is 10.2. The zero-order valence-corrected chi connectivity index (χ0v) is 11.5. The van der Waals surface area contributed by atoms with Crippen LogP contribution in [0.4, 0.5) is 11.4 Å². The number of hydrogen-bond acceptors (Lipinski definition) is 3. The Bertz CT molecular complexity index is 551. The Kier molecular flexibility index (Phi) is 3.99. The van der Waals surface area contributed by atoms with Crippen LogP contribution in [0.25, 0.3) is 0 Å². The molecule has 0 fully saturated rings. The highest BCUT2D eigenvalue weighted by Gasteiger charge is 2.05. The predicted octanol–water partition coefficient (Wildman–Crippen LogP) is 2.96. The van der Waals surface area contributed by atoms with Crippen molar-refractivity contribution < 1.29 is 0 Å². The normalized spacial score (nSPS) is 10.6. The van der Waals surface area contributed by atoms with Crippen molar-refractivity contribution in [2.75, 3.05) is 17.6 Å². The largest absolute Gasteiger partial charge is 0.397 e. The third kappa shape index (κ3) is 3.09. The number of halogens is 2. The second-order valence-corrected chi connectivity index (χ2v) is 4.83. The van der Waals surface area contributed by atoms with E-state index < -0.39 is 0 Å². The first-order chi connectivity index (χ1) is 8.56. The second-order valence-electron chi connectivity index (χ2n) is 4.01. The summed E-state index contributed by atoms with van der Waals surface area (Å²) in [5.41, 5.74) is 8.26. The van der Waals surface area contributed by atoms with Crippen LogP contribution in [0.15, 0.2) is 24.4 Å². The van der Waals surface area contributed by atoms with Gasteiger partial charge in [0.05, 0.1) is 27.1 Å². The minimum atomic E-state index is 0.462. The first-order valence-electron chi connectivity index (χ1n) is 5.53. The number of nitrogens with two attached hydrogens (primary N) is 1. The van der Waals surface area contributed by atoms with Gasteiger partial charge in [0, 0.05) is 26.2 Å². The van der Waals surface area contributed by atoms with Gasteiger partial charge in [0.15, 0.2) is 0 Å². The molecular weight excluding hydrogens is 271 g/mol. The standard InChI is InChI=1S/C12H14Cl2N4/c1-18-5-3-8(17-18)2-4-16-12-7-10(14)9(13)6-11(12)15/h3,5-7,16H,2,4,15H2,1H3. The molecule has 0 saturated carbocycles. The Balaban J connectivity index is 1.96. The lowest BCUT2D eigenvalue weighted by Crippen LogP contribution is -2.07. The SMILES string of the molecule is Cn1ccc(CCNc2cc(Cl)c(Cl)cc2N)n1. The van der Waals surface area contributed by atoms with E-state index in [1.54, 1.807) is 16.8 Å². The summed E-state index contributed by atoms with van der Waals surface area (Å²) in [5.74, 6) is 0. The molecular formula is C12H14Cl2N4. The average Bonchev–Trinajstić information content (AvgIpc) is 2.71. The number of aromatic nitrogens is 2. The first kappa shape index (κ1) is 13.1. The van der Waals surface area contributed by atoms with Gasteiger partial charge < -0.3 is 11.1 Å². The summed E-state index contributed by atoms with van der Waals surface area (Å²) >= 11 is 11.8. The number of benzene rings is 1. The minimum absolute atomic E-state index is 0.462. The van der Waals surface area contributed by atoms with E-state index in [1.807, 2.05) is 19.3 Å². The smallest absolute Gasteiger partial charge is 0.0642 e. The van der Waals surface area contributed by atoms with E-state index in [9.17, 15) is 0 Å². The zero-order valence-electron chi connectivity index (χ0n) is 9.95. The monoisotopic (exact) mass is 284 g/mol. The molecule has 6 heteroatoms. The van der Waals surface area contributed by atoms with Gasteiger partial charge in [-0.2, -0.15) is 5.10 Å². The summed E-state index contributed by atoms with van der Waals surface area (Å²) in [7, 11) is 1.90. The molecule has 3 N–H and O–H groups in total. The van der Waals surface area contributed by atoms with Gasteiger partial charge in [0.1, 0.15) is 0 Å². The highest BCUT2D eigenvalue weighted by atomic mass is 35.5. The molecule has 0 bridgehead atoms. The zero-order chi connectivity index (χ0) is 13.1. The summed E-state index contributed by atoms with van der Waals surface area (Å²) in [4.78, 5) is 0. The van der Waals surface area contributed by atoms with E-state index in [0.717, 1.165) is 24.3 Å². The Morgan fingerprint density at radius 1 is 1.33 bits per heavy atom. The number of nitrogens with one attached hydrogen (secondary N) is 1.